The van der Waals surface area contributed by atoms with Crippen LogP contribution in [0.25, 0.3) is 0 Å². The van der Waals surface area contributed by atoms with Gasteiger partial charge in [0.15, 0.2) is 10.4 Å². The van der Waals surface area contributed by atoms with Crippen LogP contribution in [-0.2, 0) is 0 Å². The topological polar surface area (TPSA) is 90.1 Å². The van der Waals surface area contributed by atoms with Gasteiger partial charge >= 0.3 is 11.9 Å². The van der Waals surface area contributed by atoms with Crippen molar-refractivity contribution in [2.24, 2.45) is 5.10 Å². The number of hydrogen-bond acceptors (Lipinski definition) is 6. The van der Waals surface area contributed by atoms with Gasteiger partial charge in [-0.2, -0.15) is 5.10 Å². The predicted octanol–water partition coefficient (Wildman–Crippen LogP) is 5.20. The Bertz CT molecular complexity index is 1040. The summed E-state index contributed by atoms with van der Waals surface area (Å²) < 4.78 is 16.6. The number of amides is 1. The number of unbranched alkanes of at least 4 members (excludes halogenated alkanes) is 1. The van der Waals surface area contributed by atoms with Crippen molar-refractivity contribution in [3.8, 4) is 11.5 Å². The average Bonchev–Trinajstić information content (AvgIpc) is 3.22. The van der Waals surface area contributed by atoms with Gasteiger partial charge in [0.05, 0.1) is 18.4 Å². The molecule has 3 rings (SSSR count). The molecule has 0 bridgehead atoms. The summed E-state index contributed by atoms with van der Waals surface area (Å²) in [7, 11) is 0. The number of nitrogens with zero attached hydrogens (tertiary/aromatic N) is 1. The third-order valence-electron chi connectivity index (χ3n) is 4.12. The minimum atomic E-state index is -0.464. The van der Waals surface area contributed by atoms with Gasteiger partial charge in [-0.25, -0.2) is 10.2 Å². The van der Waals surface area contributed by atoms with Crippen LogP contribution in [0.15, 0.2) is 74.9 Å². The fourth-order valence-electron chi connectivity index (χ4n) is 2.47. The standard InChI is InChI=1S/C23H21BrN2O5/c1-2-3-14-29-18-10-6-17(7-11-18)23(28)30-19-8-4-16(5-9-19)15-25-26-22(27)20-12-13-21(24)31-20/h4-13,15H,2-3,14H2,1H3,(H,26,27). The van der Waals surface area contributed by atoms with E-state index in [1.165, 1.54) is 12.3 Å². The maximum absolute atomic E-state index is 12.3. The molecule has 0 aliphatic rings. The van der Waals surface area contributed by atoms with Gasteiger partial charge in [0.2, 0.25) is 0 Å². The molecule has 1 heterocycles. The highest BCUT2D eigenvalue weighted by Gasteiger charge is 2.10. The Balaban J connectivity index is 1.50. The van der Waals surface area contributed by atoms with Gasteiger partial charge in [0, 0.05) is 0 Å². The summed E-state index contributed by atoms with van der Waals surface area (Å²) in [6.45, 7) is 2.75. The van der Waals surface area contributed by atoms with E-state index < -0.39 is 11.9 Å². The van der Waals surface area contributed by atoms with Crippen LogP contribution in [0.3, 0.4) is 0 Å². The van der Waals surface area contributed by atoms with Gasteiger partial charge in [0.25, 0.3) is 0 Å². The number of furan rings is 1. The third kappa shape index (κ3) is 6.82. The monoisotopic (exact) mass is 484 g/mol. The average molecular weight is 485 g/mol. The van der Waals surface area contributed by atoms with E-state index in [9.17, 15) is 9.59 Å². The first-order valence-electron chi connectivity index (χ1n) is 9.69. The molecule has 0 unspecified atom stereocenters. The van der Waals surface area contributed by atoms with Crippen LogP contribution in [0.2, 0.25) is 0 Å². The van der Waals surface area contributed by atoms with Crippen molar-refractivity contribution >= 4 is 34.0 Å². The molecule has 160 valence electrons. The molecule has 1 N–H and O–H groups in total. The van der Waals surface area contributed by atoms with Crippen molar-refractivity contribution in [2.45, 2.75) is 19.8 Å². The summed E-state index contributed by atoms with van der Waals surface area (Å²) in [5.74, 6) is 0.342. The molecule has 3 aromatic rings. The SMILES string of the molecule is CCCCOc1ccc(C(=O)Oc2ccc(C=NNC(=O)c3ccc(Br)o3)cc2)cc1. The second-order valence-electron chi connectivity index (χ2n) is 6.49. The predicted molar refractivity (Wildman–Crippen MR) is 120 cm³/mol. The van der Waals surface area contributed by atoms with E-state index in [0.717, 1.165) is 18.6 Å². The molecule has 0 aliphatic carbocycles. The number of nitrogens with one attached hydrogen (secondary N) is 1. The molecule has 7 nitrogen and oxygen atoms in total. The van der Waals surface area contributed by atoms with Gasteiger partial charge in [-0.15, -0.1) is 0 Å². The lowest BCUT2D eigenvalue weighted by Gasteiger charge is -2.07. The number of carbonyl (C=O) groups is 2. The molecule has 0 atom stereocenters. The largest absolute Gasteiger partial charge is 0.494 e. The zero-order valence-corrected chi connectivity index (χ0v) is 18.4. The number of benzene rings is 2. The van der Waals surface area contributed by atoms with Gasteiger partial charge in [-0.3, -0.25) is 4.79 Å². The van der Waals surface area contributed by atoms with Gasteiger partial charge in [-0.05, 0) is 88.6 Å². The smallest absolute Gasteiger partial charge is 0.343 e. The molecule has 0 fully saturated rings. The Morgan fingerprint density at radius 2 is 1.74 bits per heavy atom. The first-order chi connectivity index (χ1) is 15.0. The Morgan fingerprint density at radius 1 is 1.03 bits per heavy atom. The molecular weight excluding hydrogens is 464 g/mol. The number of halogens is 1. The van der Waals surface area contributed by atoms with Crippen LogP contribution in [-0.4, -0.2) is 24.7 Å². The maximum atomic E-state index is 12.3. The van der Waals surface area contributed by atoms with Crippen molar-refractivity contribution in [3.05, 3.63) is 82.2 Å². The summed E-state index contributed by atoms with van der Waals surface area (Å²) in [5, 5.41) is 3.88. The van der Waals surface area contributed by atoms with Crippen molar-refractivity contribution in [1.29, 1.82) is 0 Å². The summed E-state index contributed by atoms with van der Waals surface area (Å²) >= 11 is 3.13. The van der Waals surface area contributed by atoms with Crippen LogP contribution in [0.1, 0.15) is 46.2 Å². The molecular formula is C23H21BrN2O5. The molecule has 0 aliphatic heterocycles. The quantitative estimate of drug-likeness (QED) is 0.148. The van der Waals surface area contributed by atoms with Crippen molar-refractivity contribution in [2.75, 3.05) is 6.61 Å². The number of esters is 1. The molecule has 0 saturated heterocycles. The first-order valence-corrected chi connectivity index (χ1v) is 10.5. The lowest BCUT2D eigenvalue weighted by molar-refractivity contribution is 0.0734. The fourth-order valence-corrected chi connectivity index (χ4v) is 2.77. The second kappa shape index (κ2) is 11.1. The highest BCUT2D eigenvalue weighted by atomic mass is 79.9. The maximum Gasteiger partial charge on any atom is 0.343 e. The molecule has 0 saturated carbocycles. The van der Waals surface area contributed by atoms with E-state index in [1.54, 1.807) is 54.6 Å². The van der Waals surface area contributed by atoms with Crippen LogP contribution in [0.5, 0.6) is 11.5 Å². The van der Waals surface area contributed by atoms with Crippen LogP contribution in [0.4, 0.5) is 0 Å². The minimum Gasteiger partial charge on any atom is -0.494 e. The zero-order chi connectivity index (χ0) is 22.1. The summed E-state index contributed by atoms with van der Waals surface area (Å²) in [5.41, 5.74) is 3.52. The summed E-state index contributed by atoms with van der Waals surface area (Å²) in [4.78, 5) is 24.1. The Hall–Kier alpha value is -3.39. The van der Waals surface area contributed by atoms with Gasteiger partial charge in [-0.1, -0.05) is 13.3 Å². The van der Waals surface area contributed by atoms with E-state index in [4.69, 9.17) is 13.9 Å². The van der Waals surface area contributed by atoms with Crippen LogP contribution < -0.4 is 14.9 Å². The lowest BCUT2D eigenvalue weighted by atomic mass is 10.2. The van der Waals surface area contributed by atoms with E-state index in [2.05, 4.69) is 33.4 Å². The summed E-state index contributed by atoms with van der Waals surface area (Å²) in [6, 6.07) is 16.7. The number of hydrazone groups is 1. The van der Waals surface area contributed by atoms with Gasteiger partial charge < -0.3 is 13.9 Å². The molecule has 31 heavy (non-hydrogen) atoms. The van der Waals surface area contributed by atoms with Crippen molar-refractivity contribution < 1.29 is 23.5 Å². The summed E-state index contributed by atoms with van der Waals surface area (Å²) in [6.07, 6.45) is 3.52. The van der Waals surface area contributed by atoms with Crippen molar-refractivity contribution in [3.63, 3.8) is 0 Å². The Kier molecular flexibility index (Phi) is 8.00. The highest BCUT2D eigenvalue weighted by Crippen LogP contribution is 2.17. The molecule has 0 spiro atoms. The Labute approximate surface area is 188 Å². The van der Waals surface area contributed by atoms with Crippen LogP contribution in [0, 0.1) is 0 Å². The highest BCUT2D eigenvalue weighted by molar-refractivity contribution is 9.10. The number of carbonyl (C=O) groups excluding carboxylic acids is 2. The normalized spacial score (nSPS) is 10.8. The molecule has 0 radical (unpaired) electrons. The molecule has 8 heteroatoms. The first kappa shape index (κ1) is 22.3. The molecule has 1 aromatic heterocycles. The van der Waals surface area contributed by atoms with Crippen molar-refractivity contribution in [1.82, 2.24) is 5.43 Å². The lowest BCUT2D eigenvalue weighted by Crippen LogP contribution is -2.16. The Morgan fingerprint density at radius 3 is 2.39 bits per heavy atom. The molecule has 2 aromatic carbocycles. The minimum absolute atomic E-state index is 0.145. The van der Waals surface area contributed by atoms with Gasteiger partial charge in [0.1, 0.15) is 11.5 Å². The van der Waals surface area contributed by atoms with E-state index >= 15 is 0 Å². The second-order valence-corrected chi connectivity index (χ2v) is 7.27. The fraction of sp³-hybridized carbons (Fsp3) is 0.174. The van der Waals surface area contributed by atoms with E-state index in [1.807, 2.05) is 0 Å². The number of rotatable bonds is 9. The van der Waals surface area contributed by atoms with E-state index in [0.29, 0.717) is 28.2 Å². The van der Waals surface area contributed by atoms with Crippen LogP contribution >= 0.6 is 15.9 Å². The number of ether oxygens (including phenoxy) is 2. The molecule has 1 amide bonds. The zero-order valence-electron chi connectivity index (χ0n) is 16.8. The number of hydrogen-bond donors (Lipinski definition) is 1. The van der Waals surface area contributed by atoms with E-state index in [-0.39, 0.29) is 5.76 Å². The third-order valence-corrected chi connectivity index (χ3v) is 4.55.